The molecular formula is C14H21N3O. The number of anilines is 1. The first-order valence-corrected chi connectivity index (χ1v) is 6.29. The van der Waals surface area contributed by atoms with E-state index in [0.29, 0.717) is 13.1 Å². The molecule has 1 heterocycles. The third-order valence-corrected chi connectivity index (χ3v) is 3.41. The molecule has 18 heavy (non-hydrogen) atoms. The molecule has 0 bridgehead atoms. The normalized spacial score (nSPS) is 20.1. The predicted octanol–water partition coefficient (Wildman–Crippen LogP) is 2.09. The van der Waals surface area contributed by atoms with E-state index in [1.54, 1.807) is 4.90 Å². The second-order valence-corrected chi connectivity index (χ2v) is 5.85. The van der Waals surface area contributed by atoms with Gasteiger partial charge in [0.25, 0.3) is 0 Å². The molecule has 2 amide bonds. The van der Waals surface area contributed by atoms with Gasteiger partial charge in [0.05, 0.1) is 6.04 Å². The predicted molar refractivity (Wildman–Crippen MR) is 73.5 cm³/mol. The Labute approximate surface area is 108 Å². The van der Waals surface area contributed by atoms with Crippen molar-refractivity contribution in [3.05, 3.63) is 29.8 Å². The fraction of sp³-hybridized carbons (Fsp3) is 0.500. The summed E-state index contributed by atoms with van der Waals surface area (Å²) >= 11 is 0. The monoisotopic (exact) mass is 247 g/mol. The summed E-state index contributed by atoms with van der Waals surface area (Å²) in [5, 5.41) is 3.04. The van der Waals surface area contributed by atoms with Crippen LogP contribution in [0.15, 0.2) is 24.3 Å². The van der Waals surface area contributed by atoms with Crippen molar-refractivity contribution >= 4 is 11.7 Å². The molecule has 0 spiro atoms. The highest BCUT2D eigenvalue weighted by atomic mass is 16.2. The highest BCUT2D eigenvalue weighted by Crippen LogP contribution is 2.27. The van der Waals surface area contributed by atoms with Gasteiger partial charge in [0.1, 0.15) is 0 Å². The average Bonchev–Trinajstić information content (AvgIpc) is 2.71. The van der Waals surface area contributed by atoms with Crippen molar-refractivity contribution < 1.29 is 4.79 Å². The summed E-state index contributed by atoms with van der Waals surface area (Å²) in [6, 6.07) is 7.98. The van der Waals surface area contributed by atoms with Gasteiger partial charge in [-0.25, -0.2) is 4.79 Å². The topological polar surface area (TPSA) is 58.4 Å². The summed E-state index contributed by atoms with van der Waals surface area (Å²) in [6.07, 6.45) is 0. The van der Waals surface area contributed by atoms with E-state index in [2.05, 4.69) is 26.1 Å². The maximum absolute atomic E-state index is 12.0. The number of hydrogen-bond acceptors (Lipinski definition) is 2. The van der Waals surface area contributed by atoms with E-state index in [1.165, 1.54) is 0 Å². The Kier molecular flexibility index (Phi) is 3.30. The molecule has 1 aliphatic rings. The quantitative estimate of drug-likeness (QED) is 0.840. The molecule has 0 radical (unpaired) electrons. The lowest BCUT2D eigenvalue weighted by molar-refractivity contribution is 0.243. The van der Waals surface area contributed by atoms with E-state index < -0.39 is 0 Å². The van der Waals surface area contributed by atoms with Crippen LogP contribution in [0.2, 0.25) is 0 Å². The van der Waals surface area contributed by atoms with Gasteiger partial charge in [-0.3, -0.25) is 4.90 Å². The molecule has 1 unspecified atom stereocenters. The Morgan fingerprint density at radius 1 is 1.44 bits per heavy atom. The summed E-state index contributed by atoms with van der Waals surface area (Å²) in [7, 11) is 0. The zero-order valence-electron chi connectivity index (χ0n) is 11.2. The van der Waals surface area contributed by atoms with Gasteiger partial charge in [0.15, 0.2) is 0 Å². The molecule has 3 N–H and O–H groups in total. The maximum Gasteiger partial charge on any atom is 0.322 e. The Morgan fingerprint density at radius 3 is 2.72 bits per heavy atom. The van der Waals surface area contributed by atoms with Gasteiger partial charge in [0.2, 0.25) is 0 Å². The fourth-order valence-electron chi connectivity index (χ4n) is 2.10. The molecular weight excluding hydrogens is 226 g/mol. The second kappa shape index (κ2) is 4.61. The Bertz CT molecular complexity index is 451. The molecule has 0 aliphatic carbocycles. The number of urea groups is 1. The zero-order valence-corrected chi connectivity index (χ0v) is 11.2. The molecule has 1 aromatic rings. The van der Waals surface area contributed by atoms with Crippen LogP contribution in [0.4, 0.5) is 10.5 Å². The van der Waals surface area contributed by atoms with Crippen LogP contribution in [-0.4, -0.2) is 18.6 Å². The zero-order chi connectivity index (χ0) is 13.3. The van der Waals surface area contributed by atoms with Crippen LogP contribution >= 0.6 is 0 Å². The lowest BCUT2D eigenvalue weighted by Gasteiger charge is -2.26. The van der Waals surface area contributed by atoms with E-state index in [4.69, 9.17) is 5.73 Å². The highest BCUT2D eigenvalue weighted by molar-refractivity contribution is 5.94. The van der Waals surface area contributed by atoms with E-state index in [-0.39, 0.29) is 17.5 Å². The summed E-state index contributed by atoms with van der Waals surface area (Å²) in [5.74, 6) is 0. The minimum atomic E-state index is -0.0240. The highest BCUT2D eigenvalue weighted by Gasteiger charge is 2.36. The van der Waals surface area contributed by atoms with Gasteiger partial charge >= 0.3 is 6.03 Å². The number of carbonyl (C=O) groups is 1. The molecule has 4 nitrogen and oxygen atoms in total. The van der Waals surface area contributed by atoms with Gasteiger partial charge < -0.3 is 11.1 Å². The minimum absolute atomic E-state index is 0.0240. The van der Waals surface area contributed by atoms with Gasteiger partial charge in [-0.15, -0.1) is 0 Å². The van der Waals surface area contributed by atoms with Crippen LogP contribution in [0, 0.1) is 5.41 Å². The number of nitrogens with two attached hydrogens (primary N) is 1. The molecule has 98 valence electrons. The molecule has 1 aliphatic heterocycles. The number of hydrogen-bond donors (Lipinski definition) is 2. The molecule has 1 atom stereocenters. The Hall–Kier alpha value is -1.55. The molecule has 1 fully saturated rings. The number of amides is 2. The third-order valence-electron chi connectivity index (χ3n) is 3.41. The van der Waals surface area contributed by atoms with Gasteiger partial charge in [-0.05, 0) is 23.1 Å². The van der Waals surface area contributed by atoms with Crippen LogP contribution < -0.4 is 16.0 Å². The van der Waals surface area contributed by atoms with Gasteiger partial charge in [-0.1, -0.05) is 32.9 Å². The number of rotatable bonds is 2. The third kappa shape index (κ3) is 2.48. The Morgan fingerprint density at radius 2 is 2.17 bits per heavy atom. The number of carbonyl (C=O) groups excluding carboxylic acids is 1. The minimum Gasteiger partial charge on any atom is -0.333 e. The second-order valence-electron chi connectivity index (χ2n) is 5.85. The Balaban J connectivity index is 2.21. The van der Waals surface area contributed by atoms with Crippen molar-refractivity contribution in [2.45, 2.75) is 33.4 Å². The van der Waals surface area contributed by atoms with Crippen LogP contribution in [-0.2, 0) is 6.54 Å². The van der Waals surface area contributed by atoms with Crippen LogP contribution in [0.1, 0.15) is 26.3 Å². The average molecular weight is 247 g/mol. The molecule has 1 aromatic carbocycles. The van der Waals surface area contributed by atoms with Crippen molar-refractivity contribution in [2.75, 3.05) is 11.4 Å². The van der Waals surface area contributed by atoms with Gasteiger partial charge in [0, 0.05) is 18.8 Å². The first kappa shape index (κ1) is 12.9. The molecule has 0 saturated carbocycles. The van der Waals surface area contributed by atoms with Crippen molar-refractivity contribution in [3.63, 3.8) is 0 Å². The summed E-state index contributed by atoms with van der Waals surface area (Å²) in [4.78, 5) is 13.8. The molecule has 0 aromatic heterocycles. The smallest absolute Gasteiger partial charge is 0.322 e. The van der Waals surface area contributed by atoms with Crippen molar-refractivity contribution in [2.24, 2.45) is 11.1 Å². The summed E-state index contributed by atoms with van der Waals surface area (Å²) < 4.78 is 0. The number of nitrogens with zero attached hydrogens (tertiary/aromatic N) is 1. The molecule has 2 rings (SSSR count). The summed E-state index contributed by atoms with van der Waals surface area (Å²) in [6.45, 7) is 7.61. The van der Waals surface area contributed by atoms with Gasteiger partial charge in [-0.2, -0.15) is 0 Å². The molecule has 4 heteroatoms. The largest absolute Gasteiger partial charge is 0.333 e. The SMILES string of the molecule is CC(C)(C)C1CN(c2cccc(CN)c2)C(=O)N1. The van der Waals surface area contributed by atoms with Crippen LogP contribution in [0.3, 0.4) is 0 Å². The van der Waals surface area contributed by atoms with E-state index in [9.17, 15) is 4.79 Å². The van der Waals surface area contributed by atoms with E-state index in [1.807, 2.05) is 24.3 Å². The number of benzene rings is 1. The standard InChI is InChI=1S/C14H21N3O/c1-14(2,3)12-9-17(13(18)16-12)11-6-4-5-10(7-11)8-15/h4-7,12H,8-9,15H2,1-3H3,(H,16,18). The van der Waals surface area contributed by atoms with E-state index >= 15 is 0 Å². The number of nitrogens with one attached hydrogen (secondary N) is 1. The van der Waals surface area contributed by atoms with E-state index in [0.717, 1.165) is 11.3 Å². The molecule has 1 saturated heterocycles. The van der Waals surface area contributed by atoms with Crippen molar-refractivity contribution in [1.82, 2.24) is 5.32 Å². The maximum atomic E-state index is 12.0. The van der Waals surface area contributed by atoms with Crippen LogP contribution in [0.5, 0.6) is 0 Å². The lowest BCUT2D eigenvalue weighted by atomic mass is 9.87. The van der Waals surface area contributed by atoms with Crippen molar-refractivity contribution in [3.8, 4) is 0 Å². The lowest BCUT2D eigenvalue weighted by Crippen LogP contribution is -2.38. The fourth-order valence-corrected chi connectivity index (χ4v) is 2.10. The van der Waals surface area contributed by atoms with Crippen LogP contribution in [0.25, 0.3) is 0 Å². The summed E-state index contributed by atoms with van der Waals surface area (Å²) in [5.41, 5.74) is 7.65. The first-order valence-electron chi connectivity index (χ1n) is 6.29. The van der Waals surface area contributed by atoms with Crippen molar-refractivity contribution in [1.29, 1.82) is 0 Å². The first-order chi connectivity index (χ1) is 8.41.